The van der Waals surface area contributed by atoms with Gasteiger partial charge in [-0.25, -0.2) is 9.59 Å². The predicted octanol–water partition coefficient (Wildman–Crippen LogP) is 0.434. The second-order valence-corrected chi connectivity index (χ2v) is 3.04. The molecular weight excluding hydrogens is 224 g/mol. The van der Waals surface area contributed by atoms with Gasteiger partial charge in [0.15, 0.2) is 0 Å². The molecule has 0 aliphatic carbocycles. The van der Waals surface area contributed by atoms with Gasteiger partial charge in [0.1, 0.15) is 6.04 Å². The zero-order valence-electron chi connectivity index (χ0n) is 8.78. The van der Waals surface area contributed by atoms with Gasteiger partial charge < -0.3 is 10.4 Å². The summed E-state index contributed by atoms with van der Waals surface area (Å²) < 4.78 is 0. The molecule has 0 spiro atoms. The van der Waals surface area contributed by atoms with E-state index in [1.807, 2.05) is 0 Å². The quantitative estimate of drug-likeness (QED) is 0.738. The van der Waals surface area contributed by atoms with Gasteiger partial charge in [0, 0.05) is 12.4 Å². The average Bonchev–Trinajstić information content (AvgIpc) is 2.56. The summed E-state index contributed by atoms with van der Waals surface area (Å²) >= 11 is 0. The Morgan fingerprint density at radius 1 is 1.47 bits per heavy atom. The van der Waals surface area contributed by atoms with Gasteiger partial charge in [0.05, 0.1) is 12.5 Å². The second-order valence-electron chi connectivity index (χ2n) is 3.04. The van der Waals surface area contributed by atoms with E-state index in [4.69, 9.17) is 10.4 Å². The van der Waals surface area contributed by atoms with Gasteiger partial charge in [-0.05, 0) is 12.2 Å². The summed E-state index contributed by atoms with van der Waals surface area (Å²) in [6.45, 7) is 0. The van der Waals surface area contributed by atoms with Crippen molar-refractivity contribution >= 4 is 18.2 Å². The second kappa shape index (κ2) is 6.07. The summed E-state index contributed by atoms with van der Waals surface area (Å²) in [6, 6.07) is -0.261. The number of nitrogens with zero attached hydrogens (tertiary/aromatic N) is 3. The van der Waals surface area contributed by atoms with Gasteiger partial charge in [-0.1, -0.05) is 6.08 Å². The van der Waals surface area contributed by atoms with E-state index in [1.54, 1.807) is 24.3 Å². The van der Waals surface area contributed by atoms with E-state index in [0.717, 1.165) is 5.01 Å². The number of nitriles is 1. The third-order valence-electron chi connectivity index (χ3n) is 1.83. The van der Waals surface area contributed by atoms with Gasteiger partial charge in [-0.3, -0.25) is 0 Å². The maximum Gasteiger partial charge on any atom is 0.342 e. The number of rotatable bonds is 3. The van der Waals surface area contributed by atoms with E-state index in [1.165, 1.54) is 12.4 Å². The topological polar surface area (TPSA) is 106 Å². The number of nitrogens with one attached hydrogen (secondary N) is 1. The number of carbonyl (C=O) groups is 2. The molecule has 0 aromatic carbocycles. The van der Waals surface area contributed by atoms with E-state index < -0.39 is 18.0 Å². The number of hydrazone groups is 1. The highest BCUT2D eigenvalue weighted by atomic mass is 16.4. The standard InChI is InChI=1S/C10H10N4O3/c11-5-4-8(9(15)16)13-10(17)14-7-3-1-2-6-12-14/h1-3,6-8H,4H2,(H,13,17)(H,15,16). The van der Waals surface area contributed by atoms with Crippen molar-refractivity contribution in [3.8, 4) is 6.07 Å². The Labute approximate surface area is 97.3 Å². The first-order valence-corrected chi connectivity index (χ1v) is 4.72. The molecule has 0 fully saturated rings. The van der Waals surface area contributed by atoms with Crippen LogP contribution in [0, 0.1) is 11.3 Å². The Morgan fingerprint density at radius 2 is 2.24 bits per heavy atom. The number of carboxylic acid groups (broad SMARTS) is 1. The van der Waals surface area contributed by atoms with Crippen LogP contribution in [0.5, 0.6) is 0 Å². The van der Waals surface area contributed by atoms with Crippen LogP contribution in [0.1, 0.15) is 6.42 Å². The summed E-state index contributed by atoms with van der Waals surface area (Å²) in [4.78, 5) is 22.3. The molecule has 7 heteroatoms. The van der Waals surface area contributed by atoms with Crippen molar-refractivity contribution in [2.45, 2.75) is 12.5 Å². The van der Waals surface area contributed by atoms with Crippen LogP contribution >= 0.6 is 0 Å². The molecule has 0 aromatic rings. The first kappa shape index (κ1) is 12.4. The van der Waals surface area contributed by atoms with E-state index >= 15 is 0 Å². The molecule has 1 aliphatic heterocycles. The Bertz CT molecular complexity index is 417. The third-order valence-corrected chi connectivity index (χ3v) is 1.83. The van der Waals surface area contributed by atoms with Crippen LogP contribution in [0.4, 0.5) is 4.79 Å². The minimum Gasteiger partial charge on any atom is -0.480 e. The molecule has 2 amide bonds. The molecule has 17 heavy (non-hydrogen) atoms. The number of carbonyl (C=O) groups excluding carboxylic acids is 1. The highest BCUT2D eigenvalue weighted by Crippen LogP contribution is 1.99. The molecule has 0 radical (unpaired) electrons. The molecule has 1 rings (SSSR count). The SMILES string of the molecule is N#CCC(NC(=O)N1C=CC=CC=N1)C(=O)O. The summed E-state index contributed by atoms with van der Waals surface area (Å²) in [5.74, 6) is -1.26. The molecule has 0 bridgehead atoms. The molecule has 88 valence electrons. The lowest BCUT2D eigenvalue weighted by atomic mass is 10.2. The molecule has 7 nitrogen and oxygen atoms in total. The van der Waals surface area contributed by atoms with Gasteiger partial charge in [0.25, 0.3) is 0 Å². The fraction of sp³-hybridized carbons (Fsp3) is 0.200. The Balaban J connectivity index is 2.64. The van der Waals surface area contributed by atoms with Crippen molar-refractivity contribution in [3.05, 3.63) is 24.4 Å². The van der Waals surface area contributed by atoms with Crippen LogP contribution in [0.3, 0.4) is 0 Å². The fourth-order valence-electron chi connectivity index (χ4n) is 1.02. The van der Waals surface area contributed by atoms with Gasteiger partial charge in [0.2, 0.25) is 0 Å². The Kier molecular flexibility index (Phi) is 4.45. The average molecular weight is 234 g/mol. The van der Waals surface area contributed by atoms with E-state index in [9.17, 15) is 9.59 Å². The lowest BCUT2D eigenvalue weighted by Gasteiger charge is -2.16. The largest absolute Gasteiger partial charge is 0.480 e. The molecule has 1 aliphatic rings. The Morgan fingerprint density at radius 3 is 2.88 bits per heavy atom. The molecule has 0 saturated carbocycles. The lowest BCUT2D eigenvalue weighted by Crippen LogP contribution is -2.44. The minimum absolute atomic E-state index is 0.305. The van der Waals surface area contributed by atoms with Crippen LogP contribution in [0.15, 0.2) is 29.5 Å². The molecule has 2 N–H and O–H groups in total. The van der Waals surface area contributed by atoms with Crippen molar-refractivity contribution in [3.63, 3.8) is 0 Å². The predicted molar refractivity (Wildman–Crippen MR) is 58.8 cm³/mol. The van der Waals surface area contributed by atoms with Crippen LogP contribution in [-0.4, -0.2) is 34.4 Å². The normalized spacial score (nSPS) is 14.9. The summed E-state index contributed by atoms with van der Waals surface area (Å²) in [5, 5.41) is 24.1. The van der Waals surface area contributed by atoms with Crippen LogP contribution in [0.25, 0.3) is 0 Å². The van der Waals surface area contributed by atoms with E-state index in [-0.39, 0.29) is 6.42 Å². The van der Waals surface area contributed by atoms with Crippen molar-refractivity contribution < 1.29 is 14.7 Å². The maximum absolute atomic E-state index is 11.6. The number of allylic oxidation sites excluding steroid dienone is 3. The van der Waals surface area contributed by atoms with Crippen LogP contribution in [-0.2, 0) is 4.79 Å². The number of carboxylic acids is 1. The minimum atomic E-state index is -1.26. The third kappa shape index (κ3) is 3.79. The first-order chi connectivity index (χ1) is 8.15. The molecule has 0 saturated heterocycles. The monoisotopic (exact) mass is 234 g/mol. The lowest BCUT2D eigenvalue weighted by molar-refractivity contribution is -0.139. The number of hydrogen-bond donors (Lipinski definition) is 2. The first-order valence-electron chi connectivity index (χ1n) is 4.72. The van der Waals surface area contributed by atoms with Crippen LogP contribution < -0.4 is 5.32 Å². The number of amides is 2. The number of aliphatic carboxylic acids is 1. The maximum atomic E-state index is 11.6. The number of urea groups is 1. The molecule has 1 unspecified atom stereocenters. The van der Waals surface area contributed by atoms with Crippen molar-refractivity contribution in [2.75, 3.05) is 0 Å². The molecule has 1 heterocycles. The highest BCUT2D eigenvalue weighted by molar-refractivity contribution is 5.84. The van der Waals surface area contributed by atoms with E-state index in [0.29, 0.717) is 0 Å². The van der Waals surface area contributed by atoms with Crippen molar-refractivity contribution in [2.24, 2.45) is 5.10 Å². The van der Waals surface area contributed by atoms with Gasteiger partial charge >= 0.3 is 12.0 Å². The smallest absolute Gasteiger partial charge is 0.342 e. The van der Waals surface area contributed by atoms with Gasteiger partial charge in [-0.15, -0.1) is 0 Å². The molecular formula is C10H10N4O3. The summed E-state index contributed by atoms with van der Waals surface area (Å²) in [6.07, 6.45) is 7.32. The van der Waals surface area contributed by atoms with Crippen molar-refractivity contribution in [1.82, 2.24) is 10.3 Å². The van der Waals surface area contributed by atoms with Crippen molar-refractivity contribution in [1.29, 1.82) is 5.26 Å². The summed E-state index contributed by atoms with van der Waals surface area (Å²) in [7, 11) is 0. The Hall–Kier alpha value is -2.62. The summed E-state index contributed by atoms with van der Waals surface area (Å²) in [5.41, 5.74) is 0. The fourth-order valence-corrected chi connectivity index (χ4v) is 1.02. The highest BCUT2D eigenvalue weighted by Gasteiger charge is 2.21. The van der Waals surface area contributed by atoms with Crippen LogP contribution in [0.2, 0.25) is 0 Å². The molecule has 1 atom stereocenters. The van der Waals surface area contributed by atoms with E-state index in [2.05, 4.69) is 10.4 Å². The zero-order chi connectivity index (χ0) is 12.7. The number of hydrogen-bond acceptors (Lipinski definition) is 4. The zero-order valence-corrected chi connectivity index (χ0v) is 8.78. The molecule has 0 aromatic heterocycles. The van der Waals surface area contributed by atoms with Gasteiger partial charge in [-0.2, -0.15) is 15.4 Å².